The van der Waals surface area contributed by atoms with Gasteiger partial charge in [-0.15, -0.1) is 17.9 Å². The van der Waals surface area contributed by atoms with Crippen molar-refractivity contribution in [2.45, 2.75) is 38.0 Å². The maximum absolute atomic E-state index is 12.0. The molecular weight excluding hydrogens is 298 g/mol. The van der Waals surface area contributed by atoms with Crippen LogP contribution in [-0.4, -0.2) is 58.6 Å². The average Bonchev–Trinajstić information content (AvgIpc) is 3.03. The van der Waals surface area contributed by atoms with Gasteiger partial charge in [-0.25, -0.2) is 4.98 Å². The molecule has 0 unspecified atom stereocenters. The largest absolute Gasteiger partial charge is 0.363 e. The number of nitrogens with zero attached hydrogens (tertiary/aromatic N) is 3. The quantitative estimate of drug-likeness (QED) is 0.795. The van der Waals surface area contributed by atoms with E-state index in [-0.39, 0.29) is 24.2 Å². The number of rotatable bonds is 4. The van der Waals surface area contributed by atoms with Gasteiger partial charge in [-0.3, -0.25) is 9.69 Å². The molecule has 1 amide bonds. The molecule has 2 aliphatic rings. The summed E-state index contributed by atoms with van der Waals surface area (Å²) < 4.78 is 6.03. The lowest BCUT2D eigenvalue weighted by Crippen LogP contribution is -2.63. The van der Waals surface area contributed by atoms with Crippen LogP contribution < -0.4 is 0 Å². The number of thiazole rings is 1. The smallest absolute Gasteiger partial charge is 0.249 e. The molecule has 0 aromatic carbocycles. The van der Waals surface area contributed by atoms with Gasteiger partial charge in [-0.05, 0) is 19.8 Å². The van der Waals surface area contributed by atoms with E-state index < -0.39 is 0 Å². The molecule has 0 radical (unpaired) electrons. The number of carbonyl (C=O) groups is 1. The van der Waals surface area contributed by atoms with Gasteiger partial charge in [0.2, 0.25) is 5.91 Å². The van der Waals surface area contributed by atoms with Crippen LogP contribution in [0.15, 0.2) is 24.2 Å². The first-order valence-electron chi connectivity index (χ1n) is 7.80. The first kappa shape index (κ1) is 15.6. The summed E-state index contributed by atoms with van der Waals surface area (Å²) in [4.78, 5) is 20.7. The van der Waals surface area contributed by atoms with E-state index in [1.807, 2.05) is 16.5 Å². The minimum absolute atomic E-state index is 0.0724. The lowest BCUT2D eigenvalue weighted by atomic mass is 9.82. The summed E-state index contributed by atoms with van der Waals surface area (Å²) in [5.41, 5.74) is -0.198. The van der Waals surface area contributed by atoms with E-state index >= 15 is 0 Å². The first-order chi connectivity index (χ1) is 10.6. The van der Waals surface area contributed by atoms with Gasteiger partial charge in [-0.2, -0.15) is 0 Å². The molecule has 1 atom stereocenters. The predicted octanol–water partition coefficient (Wildman–Crippen LogP) is 1.91. The summed E-state index contributed by atoms with van der Waals surface area (Å²) in [7, 11) is 0. The highest BCUT2D eigenvalue weighted by atomic mass is 32.1. The molecule has 1 aromatic heterocycles. The van der Waals surface area contributed by atoms with Crippen molar-refractivity contribution in [1.29, 1.82) is 0 Å². The minimum Gasteiger partial charge on any atom is -0.363 e. The molecule has 2 aliphatic heterocycles. The Balaban J connectivity index is 1.63. The van der Waals surface area contributed by atoms with Crippen LogP contribution in [0.5, 0.6) is 0 Å². The summed E-state index contributed by atoms with van der Waals surface area (Å²) in [5.74, 6) is 0.0724. The topological polar surface area (TPSA) is 45.7 Å². The lowest BCUT2D eigenvalue weighted by Gasteiger charge is -2.51. The van der Waals surface area contributed by atoms with Crippen molar-refractivity contribution >= 4 is 17.2 Å². The third-order valence-electron chi connectivity index (χ3n) is 4.90. The zero-order valence-corrected chi connectivity index (χ0v) is 13.8. The molecule has 22 heavy (non-hydrogen) atoms. The van der Waals surface area contributed by atoms with Crippen molar-refractivity contribution in [3.05, 3.63) is 29.2 Å². The van der Waals surface area contributed by atoms with E-state index in [4.69, 9.17) is 4.74 Å². The molecular formula is C16H23N3O2S. The lowest BCUT2D eigenvalue weighted by molar-refractivity contribution is -0.185. The molecule has 0 saturated carbocycles. The normalized spacial score (nSPS) is 25.6. The van der Waals surface area contributed by atoms with Gasteiger partial charge in [0.25, 0.3) is 0 Å². The van der Waals surface area contributed by atoms with Crippen LogP contribution in [0.3, 0.4) is 0 Å². The number of amides is 1. The van der Waals surface area contributed by atoms with Gasteiger partial charge in [0.05, 0.1) is 18.2 Å². The maximum atomic E-state index is 12.0. The van der Waals surface area contributed by atoms with Crippen LogP contribution in [0.1, 0.15) is 24.8 Å². The average molecular weight is 321 g/mol. The molecule has 3 heterocycles. The van der Waals surface area contributed by atoms with Crippen molar-refractivity contribution in [1.82, 2.24) is 14.8 Å². The minimum atomic E-state index is -0.198. The SMILES string of the molecule is C=CCN1C(=O)COC2(CCN(Cc3nccs3)CC2)[C@H]1C. The second kappa shape index (κ2) is 6.48. The Hall–Kier alpha value is -1.24. The number of likely N-dealkylation sites (tertiary alicyclic amines) is 1. The van der Waals surface area contributed by atoms with Crippen LogP contribution in [0, 0.1) is 0 Å². The summed E-state index contributed by atoms with van der Waals surface area (Å²) in [6, 6.07) is 0.105. The Morgan fingerprint density at radius 3 is 2.95 bits per heavy atom. The van der Waals surface area contributed by atoms with E-state index in [1.165, 1.54) is 0 Å². The van der Waals surface area contributed by atoms with Crippen LogP contribution in [0.4, 0.5) is 0 Å². The van der Waals surface area contributed by atoms with Gasteiger partial charge in [0.15, 0.2) is 0 Å². The molecule has 1 aromatic rings. The highest BCUT2D eigenvalue weighted by Gasteiger charge is 2.47. The second-order valence-electron chi connectivity index (χ2n) is 6.07. The molecule has 1 spiro atoms. The zero-order valence-electron chi connectivity index (χ0n) is 13.0. The molecule has 0 aliphatic carbocycles. The van der Waals surface area contributed by atoms with Crippen molar-refractivity contribution in [3.8, 4) is 0 Å². The number of morpholine rings is 1. The third-order valence-corrected chi connectivity index (χ3v) is 5.67. The van der Waals surface area contributed by atoms with Crippen LogP contribution in [0.2, 0.25) is 0 Å². The first-order valence-corrected chi connectivity index (χ1v) is 8.67. The number of ether oxygens (including phenoxy) is 1. The van der Waals surface area contributed by atoms with Crippen LogP contribution in [0.25, 0.3) is 0 Å². The van der Waals surface area contributed by atoms with E-state index in [9.17, 15) is 4.79 Å². The molecule has 2 fully saturated rings. The standard InChI is InChI=1S/C16H23N3O2S/c1-3-7-19-13(2)16(21-12-15(19)20)4-8-18(9-5-16)11-14-17-6-10-22-14/h3,6,10,13H,1,4-5,7-9,11-12H2,2H3/t13-/m1/s1. The Labute approximate surface area is 135 Å². The fourth-order valence-corrected chi connectivity index (χ4v) is 4.14. The number of piperidine rings is 1. The predicted molar refractivity (Wildman–Crippen MR) is 86.7 cm³/mol. The maximum Gasteiger partial charge on any atom is 0.249 e. The van der Waals surface area contributed by atoms with Gasteiger partial charge >= 0.3 is 0 Å². The Bertz CT molecular complexity index is 524. The van der Waals surface area contributed by atoms with Crippen molar-refractivity contribution in [3.63, 3.8) is 0 Å². The fraction of sp³-hybridized carbons (Fsp3) is 0.625. The third kappa shape index (κ3) is 2.95. The van der Waals surface area contributed by atoms with E-state index in [1.54, 1.807) is 17.4 Å². The molecule has 120 valence electrons. The molecule has 2 saturated heterocycles. The molecule has 5 nitrogen and oxygen atoms in total. The summed E-state index contributed by atoms with van der Waals surface area (Å²) >= 11 is 1.70. The highest BCUT2D eigenvalue weighted by molar-refractivity contribution is 7.09. The highest BCUT2D eigenvalue weighted by Crippen LogP contribution is 2.36. The van der Waals surface area contributed by atoms with Gasteiger partial charge < -0.3 is 9.64 Å². The number of hydrogen-bond donors (Lipinski definition) is 0. The summed E-state index contributed by atoms with van der Waals surface area (Å²) in [6.45, 7) is 9.56. The molecule has 6 heteroatoms. The number of hydrogen-bond acceptors (Lipinski definition) is 5. The fourth-order valence-electron chi connectivity index (χ4n) is 3.48. The Morgan fingerprint density at radius 1 is 1.55 bits per heavy atom. The zero-order chi connectivity index (χ0) is 15.6. The monoisotopic (exact) mass is 321 g/mol. The van der Waals surface area contributed by atoms with Crippen LogP contribution in [-0.2, 0) is 16.1 Å². The summed E-state index contributed by atoms with van der Waals surface area (Å²) in [5, 5.41) is 3.18. The van der Waals surface area contributed by atoms with Crippen molar-refractivity contribution in [2.75, 3.05) is 26.2 Å². The van der Waals surface area contributed by atoms with E-state index in [0.717, 1.165) is 37.5 Å². The van der Waals surface area contributed by atoms with Crippen LogP contribution >= 0.6 is 11.3 Å². The van der Waals surface area contributed by atoms with Crippen molar-refractivity contribution in [2.24, 2.45) is 0 Å². The number of carbonyl (C=O) groups excluding carboxylic acids is 1. The van der Waals surface area contributed by atoms with Crippen molar-refractivity contribution < 1.29 is 9.53 Å². The Morgan fingerprint density at radius 2 is 2.32 bits per heavy atom. The summed E-state index contributed by atoms with van der Waals surface area (Å²) in [6.07, 6.45) is 5.57. The van der Waals surface area contributed by atoms with Gasteiger partial charge in [0, 0.05) is 31.2 Å². The molecule has 0 bridgehead atoms. The number of aromatic nitrogens is 1. The van der Waals surface area contributed by atoms with E-state index in [2.05, 4.69) is 23.4 Å². The Kier molecular flexibility index (Phi) is 4.61. The second-order valence-corrected chi connectivity index (χ2v) is 7.05. The van der Waals surface area contributed by atoms with Gasteiger partial charge in [0.1, 0.15) is 11.6 Å². The molecule has 0 N–H and O–H groups in total. The van der Waals surface area contributed by atoms with E-state index in [0.29, 0.717) is 6.54 Å². The van der Waals surface area contributed by atoms with Gasteiger partial charge in [-0.1, -0.05) is 6.08 Å². The molecule has 3 rings (SSSR count).